The van der Waals surface area contributed by atoms with Crippen LogP contribution >= 0.6 is 0 Å². The van der Waals surface area contributed by atoms with E-state index >= 15 is 0 Å². The highest BCUT2D eigenvalue weighted by atomic mass is 32.2. The molecule has 1 N–H and O–H groups in total. The smallest absolute Gasteiger partial charge is 0.352 e. The number of benzene rings is 2. The number of amides is 2. The molecule has 39 heavy (non-hydrogen) atoms. The number of nitrogens with one attached hydrogen (secondary N) is 1. The fraction of sp³-hybridized carbons (Fsp3) is 0.500. The van der Waals surface area contributed by atoms with E-state index in [2.05, 4.69) is 5.32 Å². The molecule has 0 aliphatic heterocycles. The third-order valence-electron chi connectivity index (χ3n) is 6.95. The van der Waals surface area contributed by atoms with Gasteiger partial charge in [0.1, 0.15) is 12.6 Å². The molecule has 0 saturated heterocycles. The number of alkyl halides is 3. The molecule has 2 amide bonds. The Morgan fingerprint density at radius 2 is 1.69 bits per heavy atom. The summed E-state index contributed by atoms with van der Waals surface area (Å²) in [6, 6.07) is 10.3. The van der Waals surface area contributed by atoms with Crippen molar-refractivity contribution in [1.29, 1.82) is 0 Å². The number of aryl methyl sites for hydroxylation is 1. The van der Waals surface area contributed by atoms with Gasteiger partial charge in [-0.05, 0) is 49.9 Å². The van der Waals surface area contributed by atoms with Gasteiger partial charge in [-0.15, -0.1) is 0 Å². The third kappa shape index (κ3) is 8.45. The van der Waals surface area contributed by atoms with Gasteiger partial charge in [0.15, 0.2) is 0 Å². The molecule has 0 spiro atoms. The SMILES string of the molecule is CC[C@@H](C(=O)NC1CCCCC1)N(Cc1ccc(C)cc1)C(=O)CN(c1cccc(C(F)(F)F)c1)S(C)(=O)=O. The predicted molar refractivity (Wildman–Crippen MR) is 144 cm³/mol. The molecule has 214 valence electrons. The van der Waals surface area contributed by atoms with E-state index in [9.17, 15) is 31.2 Å². The molecule has 1 aliphatic rings. The maximum atomic E-state index is 13.7. The highest BCUT2D eigenvalue weighted by Crippen LogP contribution is 2.32. The molecule has 1 fully saturated rings. The summed E-state index contributed by atoms with van der Waals surface area (Å²) >= 11 is 0. The molecule has 0 heterocycles. The third-order valence-corrected chi connectivity index (χ3v) is 8.09. The van der Waals surface area contributed by atoms with E-state index in [1.165, 1.54) is 11.0 Å². The fourth-order valence-corrected chi connectivity index (χ4v) is 5.65. The Labute approximate surface area is 228 Å². The number of carbonyl (C=O) groups is 2. The monoisotopic (exact) mass is 567 g/mol. The van der Waals surface area contributed by atoms with Crippen molar-refractivity contribution in [3.63, 3.8) is 0 Å². The van der Waals surface area contributed by atoms with Crippen molar-refractivity contribution in [2.45, 2.75) is 77.2 Å². The minimum absolute atomic E-state index is 0.00857. The van der Waals surface area contributed by atoms with Crippen molar-refractivity contribution >= 4 is 27.5 Å². The first-order valence-electron chi connectivity index (χ1n) is 13.1. The maximum absolute atomic E-state index is 13.7. The van der Waals surface area contributed by atoms with Crippen LogP contribution in [-0.4, -0.2) is 50.0 Å². The summed E-state index contributed by atoms with van der Waals surface area (Å²) in [6.45, 7) is 2.97. The largest absolute Gasteiger partial charge is 0.416 e. The van der Waals surface area contributed by atoms with Crippen LogP contribution in [0.4, 0.5) is 18.9 Å². The summed E-state index contributed by atoms with van der Waals surface area (Å²) in [5, 5.41) is 3.05. The van der Waals surface area contributed by atoms with Crippen LogP contribution < -0.4 is 9.62 Å². The first-order valence-corrected chi connectivity index (χ1v) is 14.9. The van der Waals surface area contributed by atoms with E-state index < -0.39 is 40.3 Å². The van der Waals surface area contributed by atoms with Gasteiger partial charge in [0.25, 0.3) is 0 Å². The molecule has 0 radical (unpaired) electrons. The van der Waals surface area contributed by atoms with Crippen molar-refractivity contribution in [3.8, 4) is 0 Å². The average Bonchev–Trinajstić information content (AvgIpc) is 2.87. The van der Waals surface area contributed by atoms with Gasteiger partial charge in [-0.2, -0.15) is 13.2 Å². The van der Waals surface area contributed by atoms with Gasteiger partial charge in [0.2, 0.25) is 21.8 Å². The van der Waals surface area contributed by atoms with E-state index in [1.54, 1.807) is 6.92 Å². The second-order valence-corrected chi connectivity index (χ2v) is 12.0. The Balaban J connectivity index is 1.94. The first-order chi connectivity index (χ1) is 18.3. The van der Waals surface area contributed by atoms with E-state index in [-0.39, 0.29) is 30.6 Å². The lowest BCUT2D eigenvalue weighted by atomic mass is 9.95. The molecule has 1 aliphatic carbocycles. The molecular formula is C28H36F3N3O4S. The predicted octanol–water partition coefficient (Wildman–Crippen LogP) is 5.04. The van der Waals surface area contributed by atoms with Gasteiger partial charge in [0, 0.05) is 12.6 Å². The van der Waals surface area contributed by atoms with Crippen molar-refractivity contribution in [1.82, 2.24) is 10.2 Å². The zero-order chi connectivity index (χ0) is 28.8. The molecule has 2 aromatic carbocycles. The van der Waals surface area contributed by atoms with Crippen LogP contribution in [0.5, 0.6) is 0 Å². The molecule has 1 atom stereocenters. The minimum atomic E-state index is -4.69. The van der Waals surface area contributed by atoms with Crippen LogP contribution in [0.2, 0.25) is 0 Å². The zero-order valence-corrected chi connectivity index (χ0v) is 23.3. The van der Waals surface area contributed by atoms with Crippen molar-refractivity contribution in [2.24, 2.45) is 0 Å². The van der Waals surface area contributed by atoms with Gasteiger partial charge in [-0.25, -0.2) is 8.42 Å². The summed E-state index contributed by atoms with van der Waals surface area (Å²) in [6.07, 6.45) is 1.25. The Morgan fingerprint density at radius 1 is 1.05 bits per heavy atom. The second kappa shape index (κ2) is 12.8. The van der Waals surface area contributed by atoms with Gasteiger partial charge >= 0.3 is 6.18 Å². The van der Waals surface area contributed by atoms with E-state index in [4.69, 9.17) is 0 Å². The summed E-state index contributed by atoms with van der Waals surface area (Å²) < 4.78 is 66.0. The van der Waals surface area contributed by atoms with Crippen molar-refractivity contribution in [3.05, 3.63) is 65.2 Å². The quantitative estimate of drug-likeness (QED) is 0.436. The molecule has 1 saturated carbocycles. The van der Waals surface area contributed by atoms with E-state index in [0.717, 1.165) is 61.6 Å². The van der Waals surface area contributed by atoms with E-state index in [1.807, 2.05) is 31.2 Å². The number of carbonyl (C=O) groups excluding carboxylic acids is 2. The lowest BCUT2D eigenvalue weighted by Crippen LogP contribution is -2.53. The molecule has 0 unspecified atom stereocenters. The highest BCUT2D eigenvalue weighted by Gasteiger charge is 2.34. The zero-order valence-electron chi connectivity index (χ0n) is 22.5. The second-order valence-electron chi connectivity index (χ2n) is 10.1. The van der Waals surface area contributed by atoms with Gasteiger partial charge in [-0.1, -0.05) is 62.1 Å². The van der Waals surface area contributed by atoms with Crippen molar-refractivity contribution < 1.29 is 31.2 Å². The highest BCUT2D eigenvalue weighted by molar-refractivity contribution is 7.92. The van der Waals surface area contributed by atoms with Crippen LogP contribution in [-0.2, 0) is 32.3 Å². The molecule has 7 nitrogen and oxygen atoms in total. The number of anilines is 1. The minimum Gasteiger partial charge on any atom is -0.352 e. The normalized spacial score (nSPS) is 15.4. The number of hydrogen-bond acceptors (Lipinski definition) is 4. The van der Waals surface area contributed by atoms with Crippen LogP contribution in [0.25, 0.3) is 0 Å². The lowest BCUT2D eigenvalue weighted by molar-refractivity contribution is -0.140. The standard InChI is InChI=1S/C28H36F3N3O4S/c1-4-25(27(36)32-23-10-6-5-7-11-23)33(18-21-15-13-20(2)14-16-21)26(35)19-34(39(3,37)38)24-12-8-9-22(17-24)28(29,30)31/h8-9,12-17,23,25H,4-7,10-11,18-19H2,1-3H3,(H,32,36)/t25-/m0/s1. The van der Waals surface area contributed by atoms with Gasteiger partial charge < -0.3 is 10.2 Å². The van der Waals surface area contributed by atoms with Crippen molar-refractivity contribution in [2.75, 3.05) is 17.1 Å². The molecule has 2 aromatic rings. The van der Waals surface area contributed by atoms with Crippen LogP contribution in [0.3, 0.4) is 0 Å². The van der Waals surface area contributed by atoms with E-state index in [0.29, 0.717) is 10.4 Å². The van der Waals surface area contributed by atoms with Crippen LogP contribution in [0.1, 0.15) is 62.1 Å². The summed E-state index contributed by atoms with van der Waals surface area (Å²) in [7, 11) is -4.14. The molecular weight excluding hydrogens is 531 g/mol. The number of rotatable bonds is 10. The Hall–Kier alpha value is -3.08. The van der Waals surface area contributed by atoms with Gasteiger partial charge in [-0.3, -0.25) is 13.9 Å². The topological polar surface area (TPSA) is 86.8 Å². The first kappa shape index (κ1) is 30.5. The summed E-state index contributed by atoms with van der Waals surface area (Å²) in [5.74, 6) is -1.01. The number of hydrogen-bond donors (Lipinski definition) is 1. The summed E-state index contributed by atoms with van der Waals surface area (Å²) in [5.41, 5.74) is 0.431. The number of sulfonamides is 1. The van der Waals surface area contributed by atoms with Crippen LogP contribution in [0, 0.1) is 6.92 Å². The number of nitrogens with zero attached hydrogens (tertiary/aromatic N) is 2. The number of halogens is 3. The molecule has 0 bridgehead atoms. The molecule has 0 aromatic heterocycles. The molecule has 11 heteroatoms. The fourth-order valence-electron chi connectivity index (χ4n) is 4.81. The summed E-state index contributed by atoms with van der Waals surface area (Å²) in [4.78, 5) is 28.4. The Bertz CT molecular complexity index is 1240. The average molecular weight is 568 g/mol. The molecule has 3 rings (SSSR count). The van der Waals surface area contributed by atoms with Gasteiger partial charge in [0.05, 0.1) is 17.5 Å². The lowest BCUT2D eigenvalue weighted by Gasteiger charge is -2.34. The Kier molecular flexibility index (Phi) is 10.0. The Morgan fingerprint density at radius 3 is 2.26 bits per heavy atom. The van der Waals surface area contributed by atoms with Crippen LogP contribution in [0.15, 0.2) is 48.5 Å². The maximum Gasteiger partial charge on any atom is 0.416 e.